The lowest BCUT2D eigenvalue weighted by Crippen LogP contribution is -2.58. The monoisotopic (exact) mass is 811 g/mol. The second-order valence-corrected chi connectivity index (χ2v) is 14.7. The average molecular weight is 812 g/mol. The third-order valence-electron chi connectivity index (χ3n) is 10.3. The van der Waals surface area contributed by atoms with Gasteiger partial charge in [-0.3, -0.25) is 28.8 Å². The second-order valence-electron chi connectivity index (χ2n) is 14.7. The Labute approximate surface area is 342 Å². The molecular weight excluding hydrogens is 759 g/mol. The van der Waals surface area contributed by atoms with Crippen LogP contribution in [0.1, 0.15) is 41.5 Å². The van der Waals surface area contributed by atoms with E-state index in [9.17, 15) is 39.0 Å². The van der Waals surface area contributed by atoms with E-state index in [-0.39, 0.29) is 70.0 Å². The number of nitrogens with one attached hydrogen (secondary N) is 5. The number of carbonyl (C=O) groups is 6. The number of nitrogens with zero attached hydrogens (tertiary/aromatic N) is 1. The third-order valence-corrected chi connectivity index (χ3v) is 10.3. The summed E-state index contributed by atoms with van der Waals surface area (Å²) in [5.74, 6) is -3.77. The van der Waals surface area contributed by atoms with Crippen molar-refractivity contribution in [2.45, 2.75) is 57.2 Å². The van der Waals surface area contributed by atoms with Gasteiger partial charge in [0.05, 0.1) is 25.0 Å². The molecule has 2 heterocycles. The molecule has 0 unspecified atom stereocenters. The predicted molar refractivity (Wildman–Crippen MR) is 217 cm³/mol. The van der Waals surface area contributed by atoms with E-state index in [4.69, 9.17) is 10.5 Å². The molecule has 2 aliphatic heterocycles. The number of carbonyl (C=O) groups excluding carboxylic acids is 6. The van der Waals surface area contributed by atoms with Crippen molar-refractivity contribution >= 4 is 35.4 Å². The van der Waals surface area contributed by atoms with Gasteiger partial charge in [-0.15, -0.1) is 0 Å². The molecule has 59 heavy (non-hydrogen) atoms. The molecule has 0 aromatic heterocycles. The lowest BCUT2D eigenvalue weighted by atomic mass is 9.74. The third kappa shape index (κ3) is 12.9. The van der Waals surface area contributed by atoms with Crippen LogP contribution in [0.4, 0.5) is 0 Å². The normalized spacial score (nSPS) is 21.6. The first-order chi connectivity index (χ1) is 28.5. The van der Waals surface area contributed by atoms with Crippen molar-refractivity contribution < 1.29 is 43.7 Å². The van der Waals surface area contributed by atoms with Crippen LogP contribution >= 0.6 is 0 Å². The van der Waals surface area contributed by atoms with Gasteiger partial charge >= 0.3 is 0 Å². The van der Waals surface area contributed by atoms with E-state index < -0.39 is 52.9 Å². The zero-order chi connectivity index (χ0) is 42.2. The first-order valence-corrected chi connectivity index (χ1v) is 19.8. The zero-order valence-corrected chi connectivity index (χ0v) is 32.9. The molecule has 3 aromatic rings. The van der Waals surface area contributed by atoms with Crippen LogP contribution in [0.2, 0.25) is 0 Å². The fourth-order valence-electron chi connectivity index (χ4n) is 7.27. The Morgan fingerprint density at radius 3 is 2.41 bits per heavy atom. The molecule has 16 heteroatoms. The Balaban J connectivity index is 1.46. The topological polar surface area (TPSA) is 242 Å². The van der Waals surface area contributed by atoms with E-state index in [1.807, 2.05) is 30.3 Å². The fourth-order valence-corrected chi connectivity index (χ4v) is 7.27. The Morgan fingerprint density at radius 1 is 0.881 bits per heavy atom. The molecule has 2 bridgehead atoms. The minimum Gasteiger partial charge on any atom is -0.504 e. The first-order valence-electron chi connectivity index (χ1n) is 19.8. The van der Waals surface area contributed by atoms with Crippen LogP contribution in [0.15, 0.2) is 84.9 Å². The van der Waals surface area contributed by atoms with E-state index in [0.29, 0.717) is 49.2 Å². The Hall–Kier alpha value is -6.26. The van der Waals surface area contributed by atoms with Gasteiger partial charge in [-0.1, -0.05) is 60.7 Å². The minimum atomic E-state index is -1.16. The number of nitrogens with two attached hydrogens (primary N) is 1. The van der Waals surface area contributed by atoms with Crippen molar-refractivity contribution in [2.24, 2.45) is 11.1 Å². The van der Waals surface area contributed by atoms with Crippen molar-refractivity contribution in [3.8, 4) is 11.5 Å². The molecule has 1 saturated heterocycles. The van der Waals surface area contributed by atoms with E-state index in [0.717, 1.165) is 17.7 Å². The second kappa shape index (κ2) is 21.5. The van der Waals surface area contributed by atoms with E-state index in [1.165, 1.54) is 23.1 Å². The van der Waals surface area contributed by atoms with Gasteiger partial charge in [-0.05, 0) is 60.1 Å². The van der Waals surface area contributed by atoms with Gasteiger partial charge in [0, 0.05) is 57.8 Å². The standard InChI is InChI=1S/C43H53N7O9/c44-17-21-59-22-19-46-40(56)33-15-18-45-37(53)13-14-39(55)50-20-6-16-43(28-50,26-29-7-2-1-3-8-29)42(58)49-34(23-30-11-12-35(51)36(52)24-30)41(57)47-27-32-10-5-4-9-31(32)25-38(54)48-33/h1-5,7-14,24,33-34,51-52H,6,15-23,25-28,44H2,(H,45,53)(H,46,56)(H,47,57)(H,48,54)(H,49,58)/b14-13+/t33-,34-,43-/m0/s1. The van der Waals surface area contributed by atoms with Crippen molar-refractivity contribution in [3.63, 3.8) is 0 Å². The number of aromatic hydroxyl groups is 2. The van der Waals surface area contributed by atoms with Crippen LogP contribution < -0.4 is 32.3 Å². The number of phenolic OH excluding ortho intramolecular Hbond substituents is 2. The number of amides is 6. The van der Waals surface area contributed by atoms with Gasteiger partial charge in [0.15, 0.2) is 11.5 Å². The fraction of sp³-hybridized carbons (Fsp3) is 0.395. The van der Waals surface area contributed by atoms with Crippen LogP contribution in [-0.4, -0.2) is 109 Å². The summed E-state index contributed by atoms with van der Waals surface area (Å²) in [6.07, 6.45) is 3.20. The molecule has 2 aliphatic rings. The van der Waals surface area contributed by atoms with Crippen molar-refractivity contribution in [1.82, 2.24) is 31.5 Å². The van der Waals surface area contributed by atoms with Crippen LogP contribution in [-0.2, 0) is 59.3 Å². The highest BCUT2D eigenvalue weighted by atomic mass is 16.5. The van der Waals surface area contributed by atoms with Crippen LogP contribution in [0.25, 0.3) is 0 Å². The van der Waals surface area contributed by atoms with Gasteiger partial charge in [0.1, 0.15) is 12.1 Å². The number of rotatable bonds is 10. The molecule has 314 valence electrons. The van der Waals surface area contributed by atoms with Crippen molar-refractivity contribution in [3.05, 3.63) is 107 Å². The predicted octanol–water partition coefficient (Wildman–Crippen LogP) is 0.488. The van der Waals surface area contributed by atoms with Crippen LogP contribution in [0, 0.1) is 5.41 Å². The first kappa shape index (κ1) is 43.9. The molecule has 6 amide bonds. The molecule has 0 spiro atoms. The maximum Gasteiger partial charge on any atom is 0.246 e. The number of hydrogen-bond donors (Lipinski definition) is 8. The number of fused-ring (bicyclic) bond motifs is 3. The quantitative estimate of drug-likeness (QED) is 0.104. The molecular formula is C43H53N7O9. The zero-order valence-electron chi connectivity index (χ0n) is 32.9. The summed E-state index contributed by atoms with van der Waals surface area (Å²) in [6, 6.07) is 18.3. The molecule has 16 nitrogen and oxygen atoms in total. The Bertz CT molecular complexity index is 1990. The molecule has 3 aromatic carbocycles. The molecule has 0 aliphatic carbocycles. The minimum absolute atomic E-state index is 0.00295. The summed E-state index contributed by atoms with van der Waals surface area (Å²) in [4.78, 5) is 83.4. The average Bonchev–Trinajstić information content (AvgIpc) is 3.23. The molecule has 0 saturated carbocycles. The number of benzene rings is 3. The van der Waals surface area contributed by atoms with Gasteiger partial charge in [0.25, 0.3) is 0 Å². The Kier molecular flexibility index (Phi) is 16.0. The largest absolute Gasteiger partial charge is 0.504 e. The van der Waals surface area contributed by atoms with E-state index in [1.54, 1.807) is 24.3 Å². The van der Waals surface area contributed by atoms with Crippen LogP contribution in [0.3, 0.4) is 0 Å². The summed E-state index contributed by atoms with van der Waals surface area (Å²) < 4.78 is 5.34. The molecule has 3 atom stereocenters. The summed E-state index contributed by atoms with van der Waals surface area (Å²) in [6.45, 7) is 1.35. The Morgan fingerprint density at radius 2 is 1.64 bits per heavy atom. The SMILES string of the molecule is NCCOCCNC(=O)[C@@H]1CCNC(=O)/C=C/C(=O)N2CCC[C@](Cc3ccccc3)(C2)C(=O)N[C@@H](Cc2ccc(O)c(O)c2)C(=O)NCc2ccccc2CC(=O)N1. The number of phenols is 2. The number of piperidine rings is 1. The van der Waals surface area contributed by atoms with Gasteiger partial charge in [0.2, 0.25) is 35.4 Å². The van der Waals surface area contributed by atoms with E-state index >= 15 is 0 Å². The van der Waals surface area contributed by atoms with Gasteiger partial charge < -0.3 is 52.2 Å². The number of hydrogen-bond acceptors (Lipinski definition) is 10. The molecule has 9 N–H and O–H groups in total. The van der Waals surface area contributed by atoms with Crippen molar-refractivity contribution in [2.75, 3.05) is 45.9 Å². The van der Waals surface area contributed by atoms with Crippen LogP contribution in [0.5, 0.6) is 11.5 Å². The summed E-state index contributed by atoms with van der Waals surface area (Å²) in [5, 5.41) is 34.2. The lowest BCUT2D eigenvalue weighted by molar-refractivity contribution is -0.141. The molecule has 5 rings (SSSR count). The maximum atomic E-state index is 14.6. The smallest absolute Gasteiger partial charge is 0.246 e. The van der Waals surface area contributed by atoms with Gasteiger partial charge in [-0.25, -0.2) is 0 Å². The molecule has 1 fully saturated rings. The summed E-state index contributed by atoms with van der Waals surface area (Å²) >= 11 is 0. The molecule has 0 radical (unpaired) electrons. The lowest BCUT2D eigenvalue weighted by Gasteiger charge is -2.42. The number of ether oxygens (including phenoxy) is 1. The summed E-state index contributed by atoms with van der Waals surface area (Å²) in [5.41, 5.74) is 6.81. The van der Waals surface area contributed by atoms with Gasteiger partial charge in [-0.2, -0.15) is 0 Å². The highest BCUT2D eigenvalue weighted by molar-refractivity contribution is 5.97. The highest BCUT2D eigenvalue weighted by Crippen LogP contribution is 2.35. The van der Waals surface area contributed by atoms with E-state index in [2.05, 4.69) is 26.6 Å². The van der Waals surface area contributed by atoms with Crippen molar-refractivity contribution in [1.29, 1.82) is 0 Å². The summed E-state index contributed by atoms with van der Waals surface area (Å²) in [7, 11) is 0. The maximum absolute atomic E-state index is 14.6. The highest BCUT2D eigenvalue weighted by Gasteiger charge is 2.44.